The number of nitrogens with zero attached hydrogens (tertiary/aromatic N) is 2. The highest BCUT2D eigenvalue weighted by molar-refractivity contribution is 7.97. The summed E-state index contributed by atoms with van der Waals surface area (Å²) < 4.78 is 49.9. The molecule has 1 aliphatic heterocycles. The first-order valence-corrected chi connectivity index (χ1v) is 14.6. The number of carboxylic acid groups (broad SMARTS) is 1. The summed E-state index contributed by atoms with van der Waals surface area (Å²) in [5.74, 6) is -0.532. The average Bonchev–Trinajstić information content (AvgIpc) is 3.01. The molecule has 0 amide bonds. The summed E-state index contributed by atoms with van der Waals surface area (Å²) in [5.41, 5.74) is 1.59. The molecule has 0 radical (unpaired) electrons. The van der Waals surface area contributed by atoms with Crippen LogP contribution in [0.25, 0.3) is 21.9 Å². The van der Waals surface area contributed by atoms with Crippen LogP contribution in [0, 0.1) is 0 Å². The number of halogens is 3. The zero-order chi connectivity index (χ0) is 31.0. The van der Waals surface area contributed by atoms with Crippen molar-refractivity contribution in [3.05, 3.63) is 130 Å². The number of fused-ring (bicyclic) bond motifs is 2. The fourth-order valence-corrected chi connectivity index (χ4v) is 6.96. The third kappa shape index (κ3) is 5.82. The molecule has 0 bridgehead atoms. The molecule has 1 unspecified atom stereocenters. The number of alkyl halides is 3. The van der Waals surface area contributed by atoms with Crippen LogP contribution in [-0.4, -0.2) is 33.6 Å². The number of carbonyl (C=O) groups is 1. The molecule has 0 spiro atoms. The van der Waals surface area contributed by atoms with Crippen molar-refractivity contribution in [2.75, 3.05) is 13.7 Å². The van der Waals surface area contributed by atoms with Crippen molar-refractivity contribution in [3.63, 3.8) is 0 Å². The van der Waals surface area contributed by atoms with Crippen LogP contribution in [0.3, 0.4) is 0 Å². The van der Waals surface area contributed by atoms with Gasteiger partial charge in [-0.05, 0) is 75.7 Å². The second kappa shape index (κ2) is 11.9. The molecule has 0 fully saturated rings. The maximum atomic E-state index is 13.9. The molecule has 224 valence electrons. The van der Waals surface area contributed by atoms with E-state index in [9.17, 15) is 27.9 Å². The third-order valence-electron chi connectivity index (χ3n) is 7.74. The number of aromatic nitrogens is 1. The molecular formula is C34H27F3N2O4S. The Morgan fingerprint density at radius 3 is 2.41 bits per heavy atom. The number of benzene rings is 4. The van der Waals surface area contributed by atoms with E-state index in [1.165, 1.54) is 28.6 Å². The molecule has 0 saturated heterocycles. The standard InChI is InChI=1S/C34H27F3N2O4S/c1-43-27-14-12-21(13-15-27)19-38-20-29(33(41)42)39-30(40)18-25(16-23-8-4-7-22-6-2-3-11-28(22)23)31(32(39)44-38)24-9-5-10-26(17-24)34(35,36)37/h2-15,17-18,29H,16,19-20H2,1H3,(H,41,42). The molecule has 10 heteroatoms. The first kappa shape index (κ1) is 29.5. The van der Waals surface area contributed by atoms with Crippen LogP contribution >= 0.6 is 11.9 Å². The molecule has 5 aromatic rings. The summed E-state index contributed by atoms with van der Waals surface area (Å²) in [5, 5.41) is 12.5. The van der Waals surface area contributed by atoms with E-state index in [0.29, 0.717) is 28.4 Å². The van der Waals surface area contributed by atoms with Gasteiger partial charge in [0.15, 0.2) is 0 Å². The van der Waals surface area contributed by atoms with Crippen LogP contribution < -0.4 is 10.3 Å². The quantitative estimate of drug-likeness (QED) is 0.192. The number of hydrogen-bond donors (Lipinski definition) is 1. The molecule has 44 heavy (non-hydrogen) atoms. The minimum absolute atomic E-state index is 0.0175. The molecule has 0 aliphatic carbocycles. The number of carboxylic acids is 1. The Bertz CT molecular complexity index is 1920. The molecule has 1 aromatic heterocycles. The van der Waals surface area contributed by atoms with Gasteiger partial charge in [-0.3, -0.25) is 9.36 Å². The van der Waals surface area contributed by atoms with Gasteiger partial charge in [0.1, 0.15) is 16.8 Å². The highest BCUT2D eigenvalue weighted by Crippen LogP contribution is 2.43. The van der Waals surface area contributed by atoms with E-state index in [2.05, 4.69) is 0 Å². The summed E-state index contributed by atoms with van der Waals surface area (Å²) in [7, 11) is 1.56. The van der Waals surface area contributed by atoms with Gasteiger partial charge in [-0.1, -0.05) is 66.7 Å². The second-order valence-corrected chi connectivity index (χ2v) is 11.7. The molecule has 1 atom stereocenters. The zero-order valence-corrected chi connectivity index (χ0v) is 24.4. The summed E-state index contributed by atoms with van der Waals surface area (Å²) in [6.45, 7) is 0.353. The lowest BCUT2D eigenvalue weighted by atomic mass is 9.93. The minimum Gasteiger partial charge on any atom is -0.497 e. The van der Waals surface area contributed by atoms with Crippen molar-refractivity contribution in [1.29, 1.82) is 0 Å². The van der Waals surface area contributed by atoms with Crippen LogP contribution in [0.15, 0.2) is 107 Å². The normalized spacial score (nSPS) is 15.2. The van der Waals surface area contributed by atoms with Gasteiger partial charge in [0.05, 0.1) is 12.7 Å². The Hall–Kier alpha value is -4.54. The Morgan fingerprint density at radius 1 is 0.955 bits per heavy atom. The predicted molar refractivity (Wildman–Crippen MR) is 164 cm³/mol. The minimum atomic E-state index is -4.59. The van der Waals surface area contributed by atoms with Crippen LogP contribution in [0.1, 0.15) is 28.3 Å². The van der Waals surface area contributed by atoms with Crippen LogP contribution in [0.2, 0.25) is 0 Å². The Morgan fingerprint density at radius 2 is 1.68 bits per heavy atom. The van der Waals surface area contributed by atoms with E-state index >= 15 is 0 Å². The van der Waals surface area contributed by atoms with E-state index in [1.54, 1.807) is 25.3 Å². The third-order valence-corrected chi connectivity index (χ3v) is 8.85. The zero-order valence-electron chi connectivity index (χ0n) is 23.5. The van der Waals surface area contributed by atoms with Gasteiger partial charge in [0.25, 0.3) is 5.56 Å². The highest BCUT2D eigenvalue weighted by atomic mass is 32.2. The molecule has 6 nitrogen and oxygen atoms in total. The number of aliphatic carboxylic acids is 1. The Balaban J connectivity index is 1.54. The van der Waals surface area contributed by atoms with Crippen molar-refractivity contribution in [2.45, 2.75) is 30.2 Å². The van der Waals surface area contributed by atoms with Gasteiger partial charge in [0.2, 0.25) is 0 Å². The maximum absolute atomic E-state index is 13.9. The summed E-state index contributed by atoms with van der Waals surface area (Å²) in [4.78, 5) is 26.2. The monoisotopic (exact) mass is 616 g/mol. The molecule has 1 aliphatic rings. The maximum Gasteiger partial charge on any atom is 0.416 e. The number of hydrogen-bond acceptors (Lipinski definition) is 5. The summed E-state index contributed by atoms with van der Waals surface area (Å²) >= 11 is 1.18. The first-order chi connectivity index (χ1) is 21.1. The van der Waals surface area contributed by atoms with E-state index < -0.39 is 29.3 Å². The lowest BCUT2D eigenvalue weighted by Gasteiger charge is -2.35. The summed E-state index contributed by atoms with van der Waals surface area (Å²) in [6, 6.07) is 26.0. The van der Waals surface area contributed by atoms with E-state index in [1.807, 2.05) is 58.9 Å². The van der Waals surface area contributed by atoms with Gasteiger partial charge in [-0.15, -0.1) is 0 Å². The Labute approximate surface area is 255 Å². The lowest BCUT2D eigenvalue weighted by molar-refractivity contribution is -0.141. The largest absolute Gasteiger partial charge is 0.497 e. The fraction of sp³-hybridized carbons (Fsp3) is 0.176. The van der Waals surface area contributed by atoms with Crippen LogP contribution in [0.4, 0.5) is 13.2 Å². The number of methoxy groups -OCH3 is 1. The van der Waals surface area contributed by atoms with Gasteiger partial charge < -0.3 is 9.84 Å². The van der Waals surface area contributed by atoms with E-state index in [-0.39, 0.29) is 18.5 Å². The number of pyridine rings is 1. The van der Waals surface area contributed by atoms with Crippen molar-refractivity contribution in [3.8, 4) is 16.9 Å². The average molecular weight is 617 g/mol. The molecule has 1 N–H and O–H groups in total. The van der Waals surface area contributed by atoms with Crippen molar-refractivity contribution < 1.29 is 27.8 Å². The fourth-order valence-electron chi connectivity index (χ4n) is 5.64. The summed E-state index contributed by atoms with van der Waals surface area (Å²) in [6.07, 6.45) is -4.33. The molecule has 2 heterocycles. The smallest absolute Gasteiger partial charge is 0.416 e. The Kier molecular flexibility index (Phi) is 7.96. The van der Waals surface area contributed by atoms with E-state index in [4.69, 9.17) is 4.74 Å². The van der Waals surface area contributed by atoms with Crippen molar-refractivity contribution in [2.24, 2.45) is 0 Å². The SMILES string of the molecule is COc1ccc(CN2CC(C(=O)O)n3c(c(-c4cccc(C(F)(F)F)c4)c(Cc4cccc5ccccc45)cc3=O)S2)cc1. The lowest BCUT2D eigenvalue weighted by Crippen LogP contribution is -2.41. The van der Waals surface area contributed by atoms with Gasteiger partial charge in [0, 0.05) is 24.7 Å². The first-order valence-electron chi connectivity index (χ1n) is 13.8. The van der Waals surface area contributed by atoms with Crippen LogP contribution in [-0.2, 0) is 23.9 Å². The van der Waals surface area contributed by atoms with E-state index in [0.717, 1.165) is 34.0 Å². The molecular weight excluding hydrogens is 589 g/mol. The van der Waals surface area contributed by atoms with Crippen LogP contribution in [0.5, 0.6) is 5.75 Å². The topological polar surface area (TPSA) is 71.8 Å². The van der Waals surface area contributed by atoms with Gasteiger partial charge in [-0.25, -0.2) is 9.10 Å². The second-order valence-electron chi connectivity index (χ2n) is 10.6. The van der Waals surface area contributed by atoms with Crippen molar-refractivity contribution in [1.82, 2.24) is 8.87 Å². The molecule has 0 saturated carbocycles. The predicted octanol–water partition coefficient (Wildman–Crippen LogP) is 7.44. The molecule has 6 rings (SSSR count). The molecule has 4 aromatic carbocycles. The number of ether oxygens (including phenoxy) is 1. The van der Waals surface area contributed by atoms with Gasteiger partial charge in [-0.2, -0.15) is 13.2 Å². The highest BCUT2D eigenvalue weighted by Gasteiger charge is 2.36. The van der Waals surface area contributed by atoms with Crippen molar-refractivity contribution >= 4 is 28.7 Å². The van der Waals surface area contributed by atoms with Gasteiger partial charge >= 0.3 is 12.1 Å². The number of rotatable bonds is 7.